The van der Waals surface area contributed by atoms with Gasteiger partial charge in [0, 0.05) is 19.1 Å². The zero-order valence-electron chi connectivity index (χ0n) is 11.0. The number of likely N-dealkylation sites (tertiary alicyclic amines) is 1. The number of hydrogen-bond donors (Lipinski definition) is 2. The fraction of sp³-hybridized carbons (Fsp3) is 0.833. The van der Waals surface area contributed by atoms with Gasteiger partial charge in [-0.05, 0) is 27.2 Å². The number of ether oxygens (including phenoxy) is 1. The zero-order chi connectivity index (χ0) is 13.9. The van der Waals surface area contributed by atoms with E-state index in [-0.39, 0.29) is 31.1 Å². The molecule has 6 heteroatoms. The van der Waals surface area contributed by atoms with Crippen LogP contribution < -0.4 is 0 Å². The minimum atomic E-state index is -1.04. The van der Waals surface area contributed by atoms with Gasteiger partial charge in [0.25, 0.3) is 0 Å². The number of hydrogen-bond acceptors (Lipinski definition) is 4. The van der Waals surface area contributed by atoms with Crippen molar-refractivity contribution in [2.75, 3.05) is 19.8 Å². The summed E-state index contributed by atoms with van der Waals surface area (Å²) in [6.45, 7) is 5.54. The number of rotatable bonds is 3. The Morgan fingerprint density at radius 1 is 1.39 bits per heavy atom. The SMILES string of the molecule is CC(C)(C)C(=O)OC[C@@H]1CC(CO)CN1C(=O)O. The molecular weight excluding hydrogens is 238 g/mol. The number of nitrogens with zero attached hydrogens (tertiary/aromatic N) is 1. The summed E-state index contributed by atoms with van der Waals surface area (Å²) < 4.78 is 5.14. The highest BCUT2D eigenvalue weighted by Crippen LogP contribution is 2.24. The van der Waals surface area contributed by atoms with Crippen molar-refractivity contribution in [3.8, 4) is 0 Å². The van der Waals surface area contributed by atoms with E-state index in [9.17, 15) is 9.59 Å². The molecule has 2 atom stereocenters. The van der Waals surface area contributed by atoms with Crippen molar-refractivity contribution in [3.63, 3.8) is 0 Å². The Bertz CT molecular complexity index is 323. The number of carboxylic acid groups (broad SMARTS) is 1. The summed E-state index contributed by atoms with van der Waals surface area (Å²) >= 11 is 0. The second-order valence-corrected chi connectivity index (χ2v) is 5.72. The molecule has 1 saturated heterocycles. The van der Waals surface area contributed by atoms with E-state index in [1.807, 2.05) is 0 Å². The van der Waals surface area contributed by atoms with Gasteiger partial charge in [-0.2, -0.15) is 0 Å². The second kappa shape index (κ2) is 5.56. The minimum Gasteiger partial charge on any atom is -0.465 e. The first kappa shape index (κ1) is 14.8. The van der Waals surface area contributed by atoms with Gasteiger partial charge in [0.05, 0.1) is 11.5 Å². The topological polar surface area (TPSA) is 87.1 Å². The van der Waals surface area contributed by atoms with E-state index in [1.54, 1.807) is 20.8 Å². The van der Waals surface area contributed by atoms with Gasteiger partial charge in [-0.3, -0.25) is 4.79 Å². The monoisotopic (exact) mass is 259 g/mol. The van der Waals surface area contributed by atoms with Gasteiger partial charge in [0.15, 0.2) is 0 Å². The van der Waals surface area contributed by atoms with Gasteiger partial charge in [0.2, 0.25) is 0 Å². The average Bonchev–Trinajstić information content (AvgIpc) is 2.67. The summed E-state index contributed by atoms with van der Waals surface area (Å²) in [5, 5.41) is 18.1. The molecular formula is C12H21NO5. The van der Waals surface area contributed by atoms with E-state index in [0.717, 1.165) is 0 Å². The summed E-state index contributed by atoms with van der Waals surface area (Å²) in [6.07, 6.45) is -0.511. The number of esters is 1. The van der Waals surface area contributed by atoms with Gasteiger partial charge < -0.3 is 19.8 Å². The Morgan fingerprint density at radius 3 is 2.44 bits per heavy atom. The minimum absolute atomic E-state index is 0.0481. The largest absolute Gasteiger partial charge is 0.465 e. The normalized spacial score (nSPS) is 24.1. The summed E-state index contributed by atoms with van der Waals surface area (Å²) in [7, 11) is 0. The van der Waals surface area contributed by atoms with Crippen LogP contribution in [0.15, 0.2) is 0 Å². The Morgan fingerprint density at radius 2 is 2.00 bits per heavy atom. The van der Waals surface area contributed by atoms with Crippen molar-refractivity contribution in [1.82, 2.24) is 4.90 Å². The lowest BCUT2D eigenvalue weighted by atomic mass is 9.97. The summed E-state index contributed by atoms with van der Waals surface area (Å²) in [5.41, 5.74) is -0.594. The molecule has 0 saturated carbocycles. The molecule has 104 valence electrons. The van der Waals surface area contributed by atoms with E-state index in [2.05, 4.69) is 0 Å². The molecule has 1 aliphatic rings. The van der Waals surface area contributed by atoms with Crippen LogP contribution in [-0.2, 0) is 9.53 Å². The highest BCUT2D eigenvalue weighted by molar-refractivity contribution is 5.75. The number of carbonyl (C=O) groups excluding carboxylic acids is 1. The molecule has 1 heterocycles. The molecule has 0 radical (unpaired) electrons. The number of aliphatic hydroxyl groups excluding tert-OH is 1. The lowest BCUT2D eigenvalue weighted by Gasteiger charge is -2.23. The van der Waals surface area contributed by atoms with Gasteiger partial charge in [-0.25, -0.2) is 4.79 Å². The third-order valence-corrected chi connectivity index (χ3v) is 3.02. The van der Waals surface area contributed by atoms with E-state index in [4.69, 9.17) is 14.9 Å². The van der Waals surface area contributed by atoms with Gasteiger partial charge in [0.1, 0.15) is 6.61 Å². The predicted molar refractivity (Wildman–Crippen MR) is 64.1 cm³/mol. The van der Waals surface area contributed by atoms with Crippen LogP contribution in [0.2, 0.25) is 0 Å². The molecule has 1 rings (SSSR count). The highest BCUT2D eigenvalue weighted by atomic mass is 16.5. The lowest BCUT2D eigenvalue weighted by Crippen LogP contribution is -2.39. The first-order valence-corrected chi connectivity index (χ1v) is 6.03. The molecule has 1 unspecified atom stereocenters. The molecule has 1 amide bonds. The summed E-state index contributed by atoms with van der Waals surface area (Å²) in [4.78, 5) is 23.9. The van der Waals surface area contributed by atoms with E-state index in [0.29, 0.717) is 13.0 Å². The fourth-order valence-electron chi connectivity index (χ4n) is 1.93. The second-order valence-electron chi connectivity index (χ2n) is 5.72. The smallest absolute Gasteiger partial charge is 0.407 e. The zero-order valence-corrected chi connectivity index (χ0v) is 11.0. The number of carbonyl (C=O) groups is 2. The number of amides is 1. The standard InChI is InChI=1S/C12H21NO5/c1-12(2,3)10(15)18-7-9-4-8(6-14)5-13(9)11(16)17/h8-9,14H,4-7H2,1-3H3,(H,16,17)/t8?,9-/m0/s1. The molecule has 0 bridgehead atoms. The van der Waals surface area contributed by atoms with Crippen molar-refractivity contribution in [2.24, 2.45) is 11.3 Å². The van der Waals surface area contributed by atoms with Crippen molar-refractivity contribution in [3.05, 3.63) is 0 Å². The molecule has 6 nitrogen and oxygen atoms in total. The van der Waals surface area contributed by atoms with Crippen molar-refractivity contribution in [1.29, 1.82) is 0 Å². The molecule has 0 aromatic rings. The van der Waals surface area contributed by atoms with Gasteiger partial charge in [-0.15, -0.1) is 0 Å². The molecule has 1 aliphatic heterocycles. The maximum atomic E-state index is 11.6. The predicted octanol–water partition coefficient (Wildman–Crippen LogP) is 0.937. The highest BCUT2D eigenvalue weighted by Gasteiger charge is 2.36. The summed E-state index contributed by atoms with van der Waals surface area (Å²) in [5.74, 6) is -0.417. The Labute approximate surface area is 107 Å². The van der Waals surface area contributed by atoms with Gasteiger partial charge in [-0.1, -0.05) is 0 Å². The van der Waals surface area contributed by atoms with Gasteiger partial charge >= 0.3 is 12.1 Å². The molecule has 0 aliphatic carbocycles. The van der Waals surface area contributed by atoms with Crippen LogP contribution in [0.4, 0.5) is 4.79 Å². The molecule has 0 aromatic heterocycles. The molecule has 1 fully saturated rings. The van der Waals surface area contributed by atoms with Crippen LogP contribution in [0.5, 0.6) is 0 Å². The maximum absolute atomic E-state index is 11.6. The maximum Gasteiger partial charge on any atom is 0.407 e. The third kappa shape index (κ3) is 3.60. The van der Waals surface area contributed by atoms with Crippen LogP contribution in [0.3, 0.4) is 0 Å². The molecule has 0 spiro atoms. The van der Waals surface area contributed by atoms with Crippen LogP contribution in [0.1, 0.15) is 27.2 Å². The van der Waals surface area contributed by atoms with Crippen LogP contribution in [0.25, 0.3) is 0 Å². The van der Waals surface area contributed by atoms with E-state index >= 15 is 0 Å². The first-order chi connectivity index (χ1) is 8.25. The first-order valence-electron chi connectivity index (χ1n) is 6.03. The van der Waals surface area contributed by atoms with E-state index in [1.165, 1.54) is 4.90 Å². The molecule has 0 aromatic carbocycles. The lowest BCUT2D eigenvalue weighted by molar-refractivity contribution is -0.154. The van der Waals surface area contributed by atoms with Crippen molar-refractivity contribution < 1.29 is 24.5 Å². The van der Waals surface area contributed by atoms with Crippen LogP contribution >= 0.6 is 0 Å². The Kier molecular flexibility index (Phi) is 4.56. The van der Waals surface area contributed by atoms with Crippen molar-refractivity contribution >= 4 is 12.1 Å². The fourth-order valence-corrected chi connectivity index (χ4v) is 1.93. The van der Waals surface area contributed by atoms with Crippen LogP contribution in [-0.4, -0.2) is 53.0 Å². The average molecular weight is 259 g/mol. The van der Waals surface area contributed by atoms with Crippen LogP contribution in [0, 0.1) is 11.3 Å². The molecule has 2 N–H and O–H groups in total. The quantitative estimate of drug-likeness (QED) is 0.736. The third-order valence-electron chi connectivity index (χ3n) is 3.02. The molecule has 18 heavy (non-hydrogen) atoms. The number of aliphatic hydroxyl groups is 1. The Hall–Kier alpha value is -1.30. The Balaban J connectivity index is 2.55. The van der Waals surface area contributed by atoms with Crippen molar-refractivity contribution in [2.45, 2.75) is 33.2 Å². The van der Waals surface area contributed by atoms with E-state index < -0.39 is 11.5 Å². The summed E-state index contributed by atoms with van der Waals surface area (Å²) in [6, 6.07) is -0.356.